The molecule has 0 aromatic heterocycles. The normalized spacial score (nSPS) is 58.0. The Morgan fingerprint density at radius 3 is 1.94 bits per heavy atom. The Balaban J connectivity index is 1.63. The summed E-state index contributed by atoms with van der Waals surface area (Å²) >= 11 is 0. The second-order valence-corrected chi connectivity index (χ2v) is 7.77. The zero-order chi connectivity index (χ0) is 12.4. The van der Waals surface area contributed by atoms with E-state index in [1.54, 1.807) is 0 Å². The van der Waals surface area contributed by atoms with Crippen LogP contribution in [-0.4, -0.2) is 36.2 Å². The molecule has 0 amide bonds. The lowest BCUT2D eigenvalue weighted by Crippen LogP contribution is -2.47. The smallest absolute Gasteiger partial charge is 0.0602 e. The number of aliphatic hydroxyl groups excluding tert-OH is 1. The molecule has 2 heteroatoms. The highest BCUT2D eigenvalue weighted by Crippen LogP contribution is 2.60. The topological polar surface area (TPSA) is 23.5 Å². The zero-order valence-electron chi connectivity index (χ0n) is 11.8. The summed E-state index contributed by atoms with van der Waals surface area (Å²) in [4.78, 5) is 2.48. The maximum absolute atomic E-state index is 10.6. The third-order valence-corrected chi connectivity index (χ3v) is 6.91. The summed E-state index contributed by atoms with van der Waals surface area (Å²) in [5, 5.41) is 10.6. The van der Waals surface area contributed by atoms with Crippen molar-refractivity contribution in [2.24, 2.45) is 35.5 Å². The van der Waals surface area contributed by atoms with Gasteiger partial charge in [0, 0.05) is 6.04 Å². The molecule has 0 spiro atoms. The Morgan fingerprint density at radius 2 is 1.33 bits per heavy atom. The predicted molar refractivity (Wildman–Crippen MR) is 72.1 cm³/mol. The highest BCUT2D eigenvalue weighted by Gasteiger charge is 2.58. The minimum Gasteiger partial charge on any atom is -0.393 e. The maximum atomic E-state index is 10.6. The number of hydrogen-bond donors (Lipinski definition) is 1. The van der Waals surface area contributed by atoms with Crippen LogP contribution < -0.4 is 0 Å². The number of hydrogen-bond acceptors (Lipinski definition) is 2. The van der Waals surface area contributed by atoms with E-state index in [1.807, 2.05) is 0 Å². The summed E-state index contributed by atoms with van der Waals surface area (Å²) in [6.07, 6.45) is 8.42. The van der Waals surface area contributed by atoms with Crippen LogP contribution in [0.2, 0.25) is 0 Å². The van der Waals surface area contributed by atoms with Crippen molar-refractivity contribution in [1.82, 2.24) is 4.90 Å². The Morgan fingerprint density at radius 1 is 0.778 bits per heavy atom. The first-order valence-electron chi connectivity index (χ1n) is 8.01. The molecule has 18 heavy (non-hydrogen) atoms. The van der Waals surface area contributed by atoms with Crippen LogP contribution >= 0.6 is 0 Å². The van der Waals surface area contributed by atoms with E-state index in [2.05, 4.69) is 19.0 Å². The molecule has 4 rings (SSSR count). The van der Waals surface area contributed by atoms with Gasteiger partial charge in [-0.15, -0.1) is 0 Å². The van der Waals surface area contributed by atoms with Gasteiger partial charge in [-0.2, -0.15) is 0 Å². The van der Waals surface area contributed by atoms with E-state index in [-0.39, 0.29) is 6.10 Å². The van der Waals surface area contributed by atoms with Crippen molar-refractivity contribution >= 4 is 0 Å². The van der Waals surface area contributed by atoms with Gasteiger partial charge in [0.1, 0.15) is 0 Å². The van der Waals surface area contributed by atoms with Crippen molar-refractivity contribution in [2.45, 2.75) is 50.7 Å². The van der Waals surface area contributed by atoms with Crippen LogP contribution in [0, 0.1) is 35.5 Å². The SMILES string of the molecule is CN(C)[C@H]1[C@@H]2CC[C@@H](C2)[C@@H]1[C@@H]1[C@H]2CC[C@H](C2)[C@H]1O. The van der Waals surface area contributed by atoms with E-state index in [4.69, 9.17) is 0 Å². The highest BCUT2D eigenvalue weighted by atomic mass is 16.3. The molecule has 0 unspecified atom stereocenters. The van der Waals surface area contributed by atoms with Crippen LogP contribution in [0.15, 0.2) is 0 Å². The maximum Gasteiger partial charge on any atom is 0.0602 e. The summed E-state index contributed by atoms with van der Waals surface area (Å²) in [5.41, 5.74) is 0. The molecule has 0 heterocycles. The molecular weight excluding hydrogens is 222 g/mol. The molecule has 0 aromatic carbocycles. The van der Waals surface area contributed by atoms with Gasteiger partial charge in [0.2, 0.25) is 0 Å². The predicted octanol–water partition coefficient (Wildman–Crippen LogP) is 2.37. The minimum atomic E-state index is 0.0375. The molecule has 0 aliphatic heterocycles. The van der Waals surface area contributed by atoms with Gasteiger partial charge in [-0.3, -0.25) is 0 Å². The van der Waals surface area contributed by atoms with Gasteiger partial charge in [-0.05, 0) is 88.1 Å². The van der Waals surface area contributed by atoms with E-state index in [1.165, 1.54) is 38.5 Å². The van der Waals surface area contributed by atoms with Gasteiger partial charge in [0.25, 0.3) is 0 Å². The lowest BCUT2D eigenvalue weighted by atomic mass is 9.68. The fourth-order valence-corrected chi connectivity index (χ4v) is 6.46. The fourth-order valence-electron chi connectivity index (χ4n) is 6.46. The van der Waals surface area contributed by atoms with E-state index < -0.39 is 0 Å². The van der Waals surface area contributed by atoms with E-state index in [9.17, 15) is 5.11 Å². The first kappa shape index (κ1) is 11.7. The molecule has 4 aliphatic rings. The molecule has 4 aliphatic carbocycles. The lowest BCUT2D eigenvalue weighted by Gasteiger charge is -2.43. The summed E-state index contributed by atoms with van der Waals surface area (Å²) in [5.74, 6) is 4.83. The zero-order valence-corrected chi connectivity index (χ0v) is 11.8. The van der Waals surface area contributed by atoms with Crippen LogP contribution in [0.3, 0.4) is 0 Å². The van der Waals surface area contributed by atoms with Crippen LogP contribution in [0.25, 0.3) is 0 Å². The van der Waals surface area contributed by atoms with Crippen molar-refractivity contribution in [2.75, 3.05) is 14.1 Å². The molecule has 4 saturated carbocycles. The van der Waals surface area contributed by atoms with Crippen molar-refractivity contribution in [3.63, 3.8) is 0 Å². The molecule has 0 radical (unpaired) electrons. The second-order valence-electron chi connectivity index (χ2n) is 7.77. The van der Waals surface area contributed by atoms with Crippen molar-refractivity contribution < 1.29 is 5.11 Å². The second kappa shape index (κ2) is 3.96. The van der Waals surface area contributed by atoms with Crippen LogP contribution in [0.1, 0.15) is 38.5 Å². The molecule has 2 nitrogen and oxygen atoms in total. The average Bonchev–Trinajstić information content (AvgIpc) is 3.06. The van der Waals surface area contributed by atoms with Crippen LogP contribution in [0.4, 0.5) is 0 Å². The largest absolute Gasteiger partial charge is 0.393 e. The van der Waals surface area contributed by atoms with Gasteiger partial charge >= 0.3 is 0 Å². The molecule has 0 aromatic rings. The summed E-state index contributed by atoms with van der Waals surface area (Å²) in [6, 6.07) is 0.766. The monoisotopic (exact) mass is 249 g/mol. The van der Waals surface area contributed by atoms with E-state index >= 15 is 0 Å². The molecule has 4 bridgehead atoms. The van der Waals surface area contributed by atoms with Crippen LogP contribution in [0.5, 0.6) is 0 Å². The van der Waals surface area contributed by atoms with Crippen molar-refractivity contribution in [3.05, 3.63) is 0 Å². The third kappa shape index (κ3) is 1.42. The number of fused-ring (bicyclic) bond motifs is 4. The first-order chi connectivity index (χ1) is 8.66. The Labute approximate surface area is 111 Å². The summed E-state index contributed by atoms with van der Waals surface area (Å²) < 4.78 is 0. The Bertz CT molecular complexity index is 340. The van der Waals surface area contributed by atoms with Gasteiger partial charge in [-0.25, -0.2) is 0 Å². The number of nitrogens with zero attached hydrogens (tertiary/aromatic N) is 1. The molecule has 8 atom stereocenters. The standard InChI is InChI=1S/C16H27NO/c1-17(2)15-11-5-3-9(7-11)13(15)14-10-4-6-12(8-10)16(14)18/h9-16,18H,3-8H2,1-2H3/t9-,10-,11+,12+,13+,14-,15-,16+/m0/s1. The van der Waals surface area contributed by atoms with E-state index in [0.717, 1.165) is 29.7 Å². The quantitative estimate of drug-likeness (QED) is 0.812. The van der Waals surface area contributed by atoms with Crippen molar-refractivity contribution in [3.8, 4) is 0 Å². The van der Waals surface area contributed by atoms with Crippen molar-refractivity contribution in [1.29, 1.82) is 0 Å². The molecular formula is C16H27NO. The van der Waals surface area contributed by atoms with Gasteiger partial charge < -0.3 is 10.0 Å². The lowest BCUT2D eigenvalue weighted by molar-refractivity contribution is -0.0155. The fraction of sp³-hybridized carbons (Fsp3) is 1.00. The molecule has 102 valence electrons. The Kier molecular flexibility index (Phi) is 2.58. The molecule has 4 fully saturated rings. The summed E-state index contributed by atoms with van der Waals surface area (Å²) in [6.45, 7) is 0. The third-order valence-electron chi connectivity index (χ3n) is 6.91. The average molecular weight is 249 g/mol. The van der Waals surface area contributed by atoms with Gasteiger partial charge in [-0.1, -0.05) is 0 Å². The first-order valence-corrected chi connectivity index (χ1v) is 8.01. The number of aliphatic hydroxyl groups is 1. The van der Waals surface area contributed by atoms with Gasteiger partial charge in [0.05, 0.1) is 6.10 Å². The number of rotatable bonds is 2. The molecule has 1 N–H and O–H groups in total. The minimum absolute atomic E-state index is 0.0375. The van der Waals surface area contributed by atoms with Crippen LogP contribution in [-0.2, 0) is 0 Å². The Hall–Kier alpha value is -0.0800. The van der Waals surface area contributed by atoms with E-state index in [0.29, 0.717) is 11.8 Å². The highest BCUT2D eigenvalue weighted by molar-refractivity contribution is 5.09. The summed E-state index contributed by atoms with van der Waals surface area (Å²) in [7, 11) is 4.52. The van der Waals surface area contributed by atoms with Gasteiger partial charge in [0.15, 0.2) is 0 Å². The molecule has 0 saturated heterocycles.